The molecule has 2 amide bonds. The van der Waals surface area contributed by atoms with Crippen LogP contribution in [0.5, 0.6) is 0 Å². The number of hydrogen-bond acceptors (Lipinski definition) is 2. The van der Waals surface area contributed by atoms with Crippen LogP contribution < -0.4 is 10.2 Å². The molecule has 1 fully saturated rings. The molecule has 1 heterocycles. The van der Waals surface area contributed by atoms with Gasteiger partial charge in [-0.2, -0.15) is 0 Å². The first kappa shape index (κ1) is 17.8. The maximum Gasteiger partial charge on any atom is 0.227 e. The number of aryl methyl sites for hydroxylation is 1. The molecule has 0 aliphatic carbocycles. The Hall–Kier alpha value is -2.04. The van der Waals surface area contributed by atoms with Crippen molar-refractivity contribution >= 4 is 40.7 Å². The maximum atomic E-state index is 12.4. The monoisotopic (exact) mass is 376 g/mol. The molecule has 4 nitrogen and oxygen atoms in total. The summed E-state index contributed by atoms with van der Waals surface area (Å²) in [5, 5.41) is 4.05. The molecule has 0 bridgehead atoms. The van der Waals surface area contributed by atoms with E-state index in [0.717, 1.165) is 16.8 Å². The number of anilines is 1. The summed E-state index contributed by atoms with van der Waals surface area (Å²) in [6.45, 7) is 2.62. The number of carbonyl (C=O) groups is 2. The van der Waals surface area contributed by atoms with E-state index in [1.807, 2.05) is 31.2 Å². The number of rotatable bonds is 4. The Morgan fingerprint density at radius 3 is 2.76 bits per heavy atom. The summed E-state index contributed by atoms with van der Waals surface area (Å²) >= 11 is 12.1. The predicted octanol–water partition coefficient (Wildman–Crippen LogP) is 3.97. The smallest absolute Gasteiger partial charge is 0.227 e. The lowest BCUT2D eigenvalue weighted by Crippen LogP contribution is -2.32. The van der Waals surface area contributed by atoms with Crippen LogP contribution in [0.1, 0.15) is 17.5 Å². The quantitative estimate of drug-likeness (QED) is 0.877. The first-order chi connectivity index (χ1) is 12.0. The molecular weight excluding hydrogens is 359 g/mol. The van der Waals surface area contributed by atoms with Crippen LogP contribution in [0.15, 0.2) is 42.5 Å². The van der Waals surface area contributed by atoms with Crippen LogP contribution in [-0.2, 0) is 16.1 Å². The highest BCUT2D eigenvalue weighted by Crippen LogP contribution is 2.30. The van der Waals surface area contributed by atoms with E-state index in [1.165, 1.54) is 0 Å². The molecule has 0 radical (unpaired) electrons. The Kier molecular flexibility index (Phi) is 5.30. The predicted molar refractivity (Wildman–Crippen MR) is 99.9 cm³/mol. The Morgan fingerprint density at radius 1 is 1.24 bits per heavy atom. The number of nitrogens with zero attached hydrogens (tertiary/aromatic N) is 1. The summed E-state index contributed by atoms with van der Waals surface area (Å²) in [7, 11) is 0. The number of halogens is 2. The number of benzene rings is 2. The first-order valence-electron chi connectivity index (χ1n) is 8.03. The fraction of sp³-hybridized carbons (Fsp3) is 0.263. The molecule has 0 spiro atoms. The topological polar surface area (TPSA) is 49.4 Å². The summed E-state index contributed by atoms with van der Waals surface area (Å²) in [6.07, 6.45) is 0.195. The van der Waals surface area contributed by atoms with Gasteiger partial charge in [0.2, 0.25) is 11.8 Å². The molecule has 0 aromatic heterocycles. The zero-order chi connectivity index (χ0) is 18.0. The van der Waals surface area contributed by atoms with Crippen LogP contribution in [-0.4, -0.2) is 18.4 Å². The van der Waals surface area contributed by atoms with Crippen molar-refractivity contribution in [1.82, 2.24) is 5.32 Å². The van der Waals surface area contributed by atoms with Crippen LogP contribution in [0.4, 0.5) is 5.69 Å². The summed E-state index contributed by atoms with van der Waals surface area (Å²) in [5.74, 6) is -0.591. The van der Waals surface area contributed by atoms with Crippen molar-refractivity contribution in [2.24, 2.45) is 5.92 Å². The van der Waals surface area contributed by atoms with Crippen LogP contribution >= 0.6 is 23.2 Å². The second kappa shape index (κ2) is 7.46. The lowest BCUT2D eigenvalue weighted by molar-refractivity contribution is -0.126. The third-order valence-electron chi connectivity index (χ3n) is 4.37. The van der Waals surface area contributed by atoms with Gasteiger partial charge in [-0.1, -0.05) is 47.5 Å². The van der Waals surface area contributed by atoms with Crippen molar-refractivity contribution in [2.45, 2.75) is 19.9 Å². The van der Waals surface area contributed by atoms with Crippen molar-refractivity contribution in [3.63, 3.8) is 0 Å². The van der Waals surface area contributed by atoms with Crippen LogP contribution in [0.3, 0.4) is 0 Å². The van der Waals surface area contributed by atoms with E-state index < -0.39 is 0 Å². The van der Waals surface area contributed by atoms with E-state index in [9.17, 15) is 9.59 Å². The van der Waals surface area contributed by atoms with Crippen LogP contribution in [0, 0.1) is 12.8 Å². The van der Waals surface area contributed by atoms with Gasteiger partial charge in [0.15, 0.2) is 0 Å². The van der Waals surface area contributed by atoms with Gasteiger partial charge in [0.1, 0.15) is 0 Å². The molecule has 1 saturated heterocycles. The maximum absolute atomic E-state index is 12.4. The molecule has 1 atom stereocenters. The van der Waals surface area contributed by atoms with E-state index in [-0.39, 0.29) is 24.2 Å². The highest BCUT2D eigenvalue weighted by molar-refractivity contribution is 6.31. The largest absolute Gasteiger partial charge is 0.352 e. The Bertz CT molecular complexity index is 823. The van der Waals surface area contributed by atoms with Gasteiger partial charge in [0.05, 0.1) is 5.92 Å². The number of nitrogens with one attached hydrogen (secondary N) is 1. The molecular formula is C19H18Cl2N2O2. The minimum Gasteiger partial charge on any atom is -0.352 e. The lowest BCUT2D eigenvalue weighted by atomic mass is 10.1. The van der Waals surface area contributed by atoms with Crippen molar-refractivity contribution in [3.8, 4) is 0 Å². The first-order valence-corrected chi connectivity index (χ1v) is 8.79. The van der Waals surface area contributed by atoms with E-state index >= 15 is 0 Å². The summed E-state index contributed by atoms with van der Waals surface area (Å²) in [4.78, 5) is 26.4. The van der Waals surface area contributed by atoms with E-state index in [0.29, 0.717) is 23.1 Å². The average molecular weight is 377 g/mol. The fourth-order valence-electron chi connectivity index (χ4n) is 2.96. The van der Waals surface area contributed by atoms with Gasteiger partial charge in [-0.15, -0.1) is 0 Å². The number of carbonyl (C=O) groups excluding carboxylic acids is 2. The molecule has 130 valence electrons. The third-order valence-corrected chi connectivity index (χ3v) is 4.97. The molecule has 1 unspecified atom stereocenters. The van der Waals surface area contributed by atoms with Crippen molar-refractivity contribution < 1.29 is 9.59 Å². The Labute approximate surface area is 156 Å². The van der Waals surface area contributed by atoms with Crippen molar-refractivity contribution in [2.75, 3.05) is 11.4 Å². The lowest BCUT2D eigenvalue weighted by Gasteiger charge is -2.19. The molecule has 1 N–H and O–H groups in total. The van der Waals surface area contributed by atoms with Crippen LogP contribution in [0.25, 0.3) is 0 Å². The number of hydrogen-bond donors (Lipinski definition) is 1. The highest BCUT2D eigenvalue weighted by atomic mass is 35.5. The minimum atomic E-state index is -0.381. The van der Waals surface area contributed by atoms with Gasteiger partial charge in [-0.3, -0.25) is 9.59 Å². The van der Waals surface area contributed by atoms with Gasteiger partial charge in [0.25, 0.3) is 0 Å². The van der Waals surface area contributed by atoms with Crippen molar-refractivity contribution in [3.05, 3.63) is 63.6 Å². The van der Waals surface area contributed by atoms with Gasteiger partial charge in [0, 0.05) is 35.2 Å². The molecule has 1 aliphatic rings. The standard InChI is InChI=1S/C19H18Cl2N2O2/c1-12-6-7-15(20)9-17(12)23-11-14(8-18(23)24)19(25)22-10-13-4-2-3-5-16(13)21/h2-7,9,14H,8,10-11H2,1H3,(H,22,25). The third kappa shape index (κ3) is 3.97. The molecule has 2 aromatic carbocycles. The summed E-state index contributed by atoms with van der Waals surface area (Å²) in [5.41, 5.74) is 2.57. The zero-order valence-electron chi connectivity index (χ0n) is 13.8. The van der Waals surface area contributed by atoms with Gasteiger partial charge >= 0.3 is 0 Å². The average Bonchev–Trinajstić information content (AvgIpc) is 2.98. The van der Waals surface area contributed by atoms with Crippen LogP contribution in [0.2, 0.25) is 10.0 Å². The summed E-state index contributed by atoms with van der Waals surface area (Å²) in [6, 6.07) is 12.8. The van der Waals surface area contributed by atoms with Gasteiger partial charge in [-0.05, 0) is 36.2 Å². The highest BCUT2D eigenvalue weighted by Gasteiger charge is 2.35. The zero-order valence-corrected chi connectivity index (χ0v) is 15.3. The van der Waals surface area contributed by atoms with Gasteiger partial charge < -0.3 is 10.2 Å². The normalized spacial score (nSPS) is 17.0. The minimum absolute atomic E-state index is 0.0664. The number of amides is 2. The van der Waals surface area contributed by atoms with E-state index in [2.05, 4.69) is 5.32 Å². The molecule has 1 aliphatic heterocycles. The van der Waals surface area contributed by atoms with E-state index in [1.54, 1.807) is 23.1 Å². The SMILES string of the molecule is Cc1ccc(Cl)cc1N1CC(C(=O)NCc2ccccc2Cl)CC1=O. The second-order valence-electron chi connectivity index (χ2n) is 6.15. The molecule has 2 aromatic rings. The Balaban J connectivity index is 1.67. The summed E-state index contributed by atoms with van der Waals surface area (Å²) < 4.78 is 0. The Morgan fingerprint density at radius 2 is 2.00 bits per heavy atom. The van der Waals surface area contributed by atoms with Crippen molar-refractivity contribution in [1.29, 1.82) is 0 Å². The fourth-order valence-corrected chi connectivity index (χ4v) is 3.33. The molecule has 0 saturated carbocycles. The molecule has 6 heteroatoms. The van der Waals surface area contributed by atoms with Gasteiger partial charge in [-0.25, -0.2) is 0 Å². The second-order valence-corrected chi connectivity index (χ2v) is 6.99. The molecule has 25 heavy (non-hydrogen) atoms. The molecule has 3 rings (SSSR count). The van der Waals surface area contributed by atoms with E-state index in [4.69, 9.17) is 23.2 Å².